The van der Waals surface area contributed by atoms with Gasteiger partial charge in [-0.05, 0) is 49.2 Å². The fourth-order valence-electron chi connectivity index (χ4n) is 3.16. The molecule has 31 heavy (non-hydrogen) atoms. The first-order chi connectivity index (χ1) is 14.9. The highest BCUT2D eigenvalue weighted by molar-refractivity contribution is 8.00. The number of rotatable bonds is 6. The Labute approximate surface area is 189 Å². The molecule has 0 saturated carbocycles. The van der Waals surface area contributed by atoms with Gasteiger partial charge < -0.3 is 15.0 Å². The molecule has 2 heterocycles. The number of H-pyrrole nitrogens is 1. The van der Waals surface area contributed by atoms with Gasteiger partial charge in [0.15, 0.2) is 11.0 Å². The summed E-state index contributed by atoms with van der Waals surface area (Å²) in [4.78, 5) is 24.8. The molecular formula is C23H21ClN4O2S. The Morgan fingerprint density at radius 3 is 2.81 bits per heavy atom. The smallest absolute Gasteiger partial charge is 0.238 e. The second-order valence-corrected chi connectivity index (χ2v) is 8.80. The van der Waals surface area contributed by atoms with Gasteiger partial charge in [-0.25, -0.2) is 9.97 Å². The molecule has 0 fully saturated rings. The van der Waals surface area contributed by atoms with Crippen LogP contribution in [0.15, 0.2) is 59.9 Å². The van der Waals surface area contributed by atoms with E-state index in [-0.39, 0.29) is 5.91 Å². The number of fused-ring (bicyclic) bond motifs is 1. The van der Waals surface area contributed by atoms with E-state index in [0.29, 0.717) is 16.0 Å². The zero-order valence-electron chi connectivity index (χ0n) is 17.3. The molecule has 0 bridgehead atoms. The molecule has 1 unspecified atom stereocenters. The molecule has 0 aliphatic rings. The van der Waals surface area contributed by atoms with Crippen molar-refractivity contribution in [3.63, 3.8) is 0 Å². The van der Waals surface area contributed by atoms with Crippen molar-refractivity contribution in [1.29, 1.82) is 0 Å². The predicted molar refractivity (Wildman–Crippen MR) is 126 cm³/mol. The van der Waals surface area contributed by atoms with Crippen LogP contribution in [0.5, 0.6) is 5.75 Å². The van der Waals surface area contributed by atoms with E-state index in [0.717, 1.165) is 33.5 Å². The first-order valence-corrected chi connectivity index (χ1v) is 10.9. The van der Waals surface area contributed by atoms with Crippen LogP contribution < -0.4 is 10.1 Å². The normalized spacial score (nSPS) is 12.0. The quantitative estimate of drug-likeness (QED) is 0.366. The molecule has 0 spiro atoms. The van der Waals surface area contributed by atoms with Gasteiger partial charge in [0.25, 0.3) is 0 Å². The molecule has 2 N–H and O–H groups in total. The highest BCUT2D eigenvalue weighted by Gasteiger charge is 2.19. The zero-order valence-corrected chi connectivity index (χ0v) is 18.8. The van der Waals surface area contributed by atoms with Gasteiger partial charge in [0.05, 0.1) is 28.4 Å². The minimum absolute atomic E-state index is 0.197. The summed E-state index contributed by atoms with van der Waals surface area (Å²) in [5.74, 6) is 0.948. The third-order valence-corrected chi connectivity index (χ3v) is 6.03. The fourth-order valence-corrected chi connectivity index (χ4v) is 4.24. The number of benzene rings is 2. The Bertz CT molecular complexity index is 1260. The maximum Gasteiger partial charge on any atom is 0.238 e. The van der Waals surface area contributed by atoms with E-state index in [1.807, 2.05) is 56.3 Å². The minimum Gasteiger partial charge on any atom is -0.497 e. The van der Waals surface area contributed by atoms with E-state index in [1.54, 1.807) is 19.4 Å². The largest absolute Gasteiger partial charge is 0.497 e. The minimum atomic E-state index is -0.403. The Morgan fingerprint density at radius 1 is 1.23 bits per heavy atom. The fraction of sp³-hybridized carbons (Fsp3) is 0.174. The number of aromatic amines is 1. The number of ether oxygens (including phenoxy) is 1. The number of aryl methyl sites for hydroxylation is 1. The van der Waals surface area contributed by atoms with Crippen LogP contribution in [0.3, 0.4) is 0 Å². The standard InChI is InChI=1S/C23H21ClN4O2S/c1-13-10-18(24)21(25-12-13)28-22(29)14(2)31-23-26-19-9-5-8-17(20(19)27-23)15-6-4-7-16(11-15)30-3/h4-12,14H,1-3H3,(H,26,27)(H,25,28,29). The highest BCUT2D eigenvalue weighted by atomic mass is 35.5. The highest BCUT2D eigenvalue weighted by Crippen LogP contribution is 2.32. The summed E-state index contributed by atoms with van der Waals surface area (Å²) in [5.41, 5.74) is 4.71. The number of amides is 1. The average molecular weight is 453 g/mol. The number of halogens is 1. The molecule has 4 aromatic rings. The van der Waals surface area contributed by atoms with Crippen LogP contribution >= 0.6 is 23.4 Å². The maximum absolute atomic E-state index is 12.6. The lowest BCUT2D eigenvalue weighted by Crippen LogP contribution is -2.23. The van der Waals surface area contributed by atoms with Crippen LogP contribution in [0, 0.1) is 6.92 Å². The van der Waals surface area contributed by atoms with Gasteiger partial charge in [0.2, 0.25) is 5.91 Å². The molecule has 4 rings (SSSR count). The number of methoxy groups -OCH3 is 1. The summed E-state index contributed by atoms with van der Waals surface area (Å²) < 4.78 is 5.35. The van der Waals surface area contributed by atoms with Gasteiger partial charge in [0.1, 0.15) is 5.75 Å². The number of pyridine rings is 1. The molecular weight excluding hydrogens is 432 g/mol. The lowest BCUT2D eigenvalue weighted by Gasteiger charge is -2.11. The van der Waals surface area contributed by atoms with Crippen molar-refractivity contribution in [2.24, 2.45) is 0 Å². The summed E-state index contributed by atoms with van der Waals surface area (Å²) in [7, 11) is 1.65. The molecule has 8 heteroatoms. The van der Waals surface area contributed by atoms with E-state index >= 15 is 0 Å². The summed E-state index contributed by atoms with van der Waals surface area (Å²) >= 11 is 7.52. The van der Waals surface area contributed by atoms with Crippen molar-refractivity contribution in [2.75, 3.05) is 12.4 Å². The number of anilines is 1. The Kier molecular flexibility index (Phi) is 6.15. The summed E-state index contributed by atoms with van der Waals surface area (Å²) in [6, 6.07) is 15.6. The molecule has 6 nitrogen and oxygen atoms in total. The lowest BCUT2D eigenvalue weighted by atomic mass is 10.0. The molecule has 2 aromatic heterocycles. The predicted octanol–water partition coefficient (Wildman–Crippen LogP) is 5.71. The van der Waals surface area contributed by atoms with Gasteiger partial charge in [-0.3, -0.25) is 4.79 Å². The Hall–Kier alpha value is -3.03. The van der Waals surface area contributed by atoms with Crippen LogP contribution in [-0.4, -0.2) is 33.2 Å². The zero-order chi connectivity index (χ0) is 22.0. The number of nitrogens with one attached hydrogen (secondary N) is 2. The first-order valence-electron chi connectivity index (χ1n) is 9.67. The summed E-state index contributed by atoms with van der Waals surface area (Å²) in [5, 5.41) is 3.46. The molecule has 1 amide bonds. The third kappa shape index (κ3) is 4.68. The number of thioether (sulfide) groups is 1. The average Bonchev–Trinajstić information content (AvgIpc) is 3.18. The molecule has 2 aromatic carbocycles. The van der Waals surface area contributed by atoms with Gasteiger partial charge in [0, 0.05) is 11.8 Å². The number of carbonyl (C=O) groups excluding carboxylic acids is 1. The topological polar surface area (TPSA) is 79.9 Å². The second kappa shape index (κ2) is 8.99. The van der Waals surface area contributed by atoms with Gasteiger partial charge >= 0.3 is 0 Å². The molecule has 0 saturated heterocycles. The van der Waals surface area contributed by atoms with Crippen molar-refractivity contribution in [3.8, 4) is 16.9 Å². The van der Waals surface area contributed by atoms with Crippen molar-refractivity contribution in [2.45, 2.75) is 24.3 Å². The van der Waals surface area contributed by atoms with Crippen LogP contribution in [0.25, 0.3) is 22.2 Å². The van der Waals surface area contributed by atoms with Crippen molar-refractivity contribution < 1.29 is 9.53 Å². The van der Waals surface area contributed by atoms with E-state index < -0.39 is 5.25 Å². The van der Waals surface area contributed by atoms with Crippen LogP contribution in [0.2, 0.25) is 5.02 Å². The SMILES string of the molecule is COc1cccc(-c2cccc3nc(SC(C)C(=O)Nc4ncc(C)cc4Cl)[nH]c23)c1. The number of nitrogens with zero attached hydrogens (tertiary/aromatic N) is 2. The van der Waals surface area contributed by atoms with Gasteiger partial charge in [-0.1, -0.05) is 47.6 Å². The van der Waals surface area contributed by atoms with Crippen molar-refractivity contribution >= 4 is 46.1 Å². The number of hydrogen-bond acceptors (Lipinski definition) is 5. The van der Waals surface area contributed by atoms with Crippen LogP contribution in [-0.2, 0) is 4.79 Å². The van der Waals surface area contributed by atoms with Gasteiger partial charge in [-0.15, -0.1) is 0 Å². The number of imidazole rings is 1. The van der Waals surface area contributed by atoms with Crippen LogP contribution in [0.4, 0.5) is 5.82 Å². The summed E-state index contributed by atoms with van der Waals surface area (Å²) in [6.07, 6.45) is 1.67. The molecule has 1 atom stereocenters. The van der Waals surface area contributed by atoms with Crippen LogP contribution in [0.1, 0.15) is 12.5 Å². The van der Waals surface area contributed by atoms with E-state index in [2.05, 4.69) is 20.3 Å². The number of carbonyl (C=O) groups is 1. The van der Waals surface area contributed by atoms with Crippen molar-refractivity contribution in [3.05, 3.63) is 65.3 Å². The number of hydrogen-bond donors (Lipinski definition) is 2. The molecule has 0 aliphatic heterocycles. The van der Waals surface area contributed by atoms with E-state index in [1.165, 1.54) is 11.8 Å². The lowest BCUT2D eigenvalue weighted by molar-refractivity contribution is -0.115. The summed E-state index contributed by atoms with van der Waals surface area (Å²) in [6.45, 7) is 3.71. The molecule has 0 radical (unpaired) electrons. The van der Waals surface area contributed by atoms with E-state index in [4.69, 9.17) is 16.3 Å². The molecule has 158 valence electrons. The number of para-hydroxylation sites is 1. The first kappa shape index (κ1) is 21.2. The van der Waals surface area contributed by atoms with Gasteiger partial charge in [-0.2, -0.15) is 0 Å². The Balaban J connectivity index is 1.55. The second-order valence-electron chi connectivity index (χ2n) is 7.07. The third-order valence-electron chi connectivity index (χ3n) is 4.75. The van der Waals surface area contributed by atoms with E-state index in [9.17, 15) is 4.79 Å². The van der Waals surface area contributed by atoms with Crippen molar-refractivity contribution in [1.82, 2.24) is 15.0 Å². The Morgan fingerprint density at radius 2 is 2.03 bits per heavy atom. The monoisotopic (exact) mass is 452 g/mol. The maximum atomic E-state index is 12.6. The molecule has 0 aliphatic carbocycles. The number of aromatic nitrogens is 3.